The van der Waals surface area contributed by atoms with E-state index < -0.39 is 0 Å². The highest BCUT2D eigenvalue weighted by Gasteiger charge is 2.36. The van der Waals surface area contributed by atoms with Gasteiger partial charge in [0.25, 0.3) is 0 Å². The molecule has 2 rings (SSSR count). The van der Waals surface area contributed by atoms with Gasteiger partial charge in [-0.1, -0.05) is 49.9 Å². The Morgan fingerprint density at radius 1 is 1.39 bits per heavy atom. The first-order chi connectivity index (χ1) is 8.55. The highest BCUT2D eigenvalue weighted by molar-refractivity contribution is 6.31. The maximum absolute atomic E-state index is 6.69. The van der Waals surface area contributed by atoms with Crippen molar-refractivity contribution < 1.29 is 0 Å². The van der Waals surface area contributed by atoms with Gasteiger partial charge < -0.3 is 5.73 Å². The molecule has 0 spiro atoms. The van der Waals surface area contributed by atoms with Crippen molar-refractivity contribution in [3.05, 3.63) is 34.3 Å². The highest BCUT2D eigenvalue weighted by atomic mass is 35.5. The molecule has 1 aliphatic rings. The van der Waals surface area contributed by atoms with Gasteiger partial charge in [0.05, 0.1) is 0 Å². The van der Waals surface area contributed by atoms with E-state index in [-0.39, 0.29) is 5.54 Å². The summed E-state index contributed by atoms with van der Waals surface area (Å²) in [4.78, 5) is 0. The van der Waals surface area contributed by atoms with Crippen LogP contribution in [0.4, 0.5) is 0 Å². The smallest absolute Gasteiger partial charge is 0.0441 e. The normalized spacial score (nSPS) is 28.3. The molecule has 0 aliphatic heterocycles. The lowest BCUT2D eigenvalue weighted by molar-refractivity contribution is 0.182. The predicted molar refractivity (Wildman–Crippen MR) is 79.1 cm³/mol. The van der Waals surface area contributed by atoms with Crippen LogP contribution in [0.1, 0.15) is 50.2 Å². The second kappa shape index (κ2) is 5.63. The molecule has 0 heterocycles. The van der Waals surface area contributed by atoms with Gasteiger partial charge in [-0.15, -0.1) is 0 Å². The zero-order chi connectivity index (χ0) is 13.2. The van der Waals surface area contributed by atoms with E-state index in [9.17, 15) is 0 Å². The Labute approximate surface area is 116 Å². The third kappa shape index (κ3) is 2.89. The van der Waals surface area contributed by atoms with Crippen molar-refractivity contribution in [3.63, 3.8) is 0 Å². The molecule has 1 aromatic rings. The van der Waals surface area contributed by atoms with Crippen LogP contribution >= 0.6 is 11.6 Å². The molecular weight excluding hydrogens is 242 g/mol. The van der Waals surface area contributed by atoms with Crippen molar-refractivity contribution in [2.45, 2.75) is 57.9 Å². The quantitative estimate of drug-likeness (QED) is 0.856. The van der Waals surface area contributed by atoms with Crippen LogP contribution in [0, 0.1) is 12.8 Å². The molecule has 0 radical (unpaired) electrons. The van der Waals surface area contributed by atoms with Gasteiger partial charge in [0.15, 0.2) is 0 Å². The number of hydrogen-bond donors (Lipinski definition) is 1. The van der Waals surface area contributed by atoms with E-state index in [2.05, 4.69) is 26.0 Å². The van der Waals surface area contributed by atoms with Crippen molar-refractivity contribution in [2.24, 2.45) is 11.7 Å². The Hall–Kier alpha value is -0.530. The summed E-state index contributed by atoms with van der Waals surface area (Å²) in [5.74, 6) is 0.642. The minimum absolute atomic E-state index is 0.0497. The van der Waals surface area contributed by atoms with Gasteiger partial charge in [-0.3, -0.25) is 0 Å². The molecule has 100 valence electrons. The summed E-state index contributed by atoms with van der Waals surface area (Å²) in [5, 5.41) is 0.875. The lowest BCUT2D eigenvalue weighted by Gasteiger charge is -2.41. The van der Waals surface area contributed by atoms with Crippen molar-refractivity contribution in [2.75, 3.05) is 0 Å². The minimum Gasteiger partial charge on any atom is -0.325 e. The molecule has 18 heavy (non-hydrogen) atoms. The maximum atomic E-state index is 6.69. The van der Waals surface area contributed by atoms with Crippen LogP contribution < -0.4 is 5.73 Å². The van der Waals surface area contributed by atoms with E-state index in [0.29, 0.717) is 5.92 Å². The van der Waals surface area contributed by atoms with Gasteiger partial charge in [0, 0.05) is 10.6 Å². The zero-order valence-electron chi connectivity index (χ0n) is 11.5. The average Bonchev–Trinajstić information content (AvgIpc) is 2.33. The van der Waals surface area contributed by atoms with Crippen molar-refractivity contribution in [1.82, 2.24) is 0 Å². The van der Waals surface area contributed by atoms with Crippen LogP contribution in [0.3, 0.4) is 0 Å². The molecule has 0 aromatic heterocycles. The Balaban J connectivity index is 2.20. The van der Waals surface area contributed by atoms with E-state index in [1.54, 1.807) is 0 Å². The first-order valence-electron chi connectivity index (χ1n) is 7.09. The molecule has 1 fully saturated rings. The lowest BCUT2D eigenvalue weighted by atomic mass is 9.69. The zero-order valence-corrected chi connectivity index (χ0v) is 12.3. The van der Waals surface area contributed by atoms with Gasteiger partial charge in [-0.05, 0) is 49.3 Å². The molecule has 2 unspecified atom stereocenters. The minimum atomic E-state index is -0.0497. The molecule has 0 amide bonds. The molecule has 2 heteroatoms. The molecule has 0 saturated heterocycles. The Bertz CT molecular complexity index is 416. The summed E-state index contributed by atoms with van der Waals surface area (Å²) < 4.78 is 0. The lowest BCUT2D eigenvalue weighted by Crippen LogP contribution is -2.50. The maximum Gasteiger partial charge on any atom is 0.0441 e. The molecule has 1 nitrogen and oxygen atoms in total. The third-order valence-electron chi connectivity index (χ3n) is 4.48. The van der Waals surface area contributed by atoms with E-state index in [4.69, 9.17) is 17.3 Å². The first-order valence-corrected chi connectivity index (χ1v) is 7.47. The van der Waals surface area contributed by atoms with Crippen LogP contribution in [0.5, 0.6) is 0 Å². The number of nitrogens with two attached hydrogens (primary N) is 1. The molecule has 2 N–H and O–H groups in total. The summed E-state index contributed by atoms with van der Waals surface area (Å²) in [6.45, 7) is 4.33. The SMILES string of the molecule is CCC1CCCCC1(N)Cc1ccc(C)cc1Cl. The number of hydrogen-bond acceptors (Lipinski definition) is 1. The average molecular weight is 266 g/mol. The summed E-state index contributed by atoms with van der Waals surface area (Å²) in [6.07, 6.45) is 7.10. The van der Waals surface area contributed by atoms with Gasteiger partial charge in [-0.25, -0.2) is 0 Å². The number of aryl methyl sites for hydroxylation is 1. The molecule has 0 bridgehead atoms. The summed E-state index contributed by atoms with van der Waals surface area (Å²) in [5.41, 5.74) is 9.07. The molecule has 1 saturated carbocycles. The predicted octanol–water partition coefficient (Wildman–Crippen LogP) is 4.49. The third-order valence-corrected chi connectivity index (χ3v) is 4.83. The van der Waals surface area contributed by atoms with Crippen LogP contribution in [-0.2, 0) is 6.42 Å². The first kappa shape index (κ1) is 13.9. The number of rotatable bonds is 3. The Morgan fingerprint density at radius 3 is 2.83 bits per heavy atom. The van der Waals surface area contributed by atoms with Crippen LogP contribution in [0.25, 0.3) is 0 Å². The van der Waals surface area contributed by atoms with E-state index >= 15 is 0 Å². The topological polar surface area (TPSA) is 26.0 Å². The monoisotopic (exact) mass is 265 g/mol. The number of halogens is 1. The number of benzene rings is 1. The fourth-order valence-corrected chi connectivity index (χ4v) is 3.63. The second-order valence-corrected chi connectivity index (χ2v) is 6.26. The van der Waals surface area contributed by atoms with E-state index in [1.807, 2.05) is 6.07 Å². The van der Waals surface area contributed by atoms with Gasteiger partial charge in [0.1, 0.15) is 0 Å². The second-order valence-electron chi connectivity index (χ2n) is 5.86. The largest absolute Gasteiger partial charge is 0.325 e. The van der Waals surface area contributed by atoms with Gasteiger partial charge in [0.2, 0.25) is 0 Å². The summed E-state index contributed by atoms with van der Waals surface area (Å²) in [7, 11) is 0. The molecular formula is C16H24ClN. The van der Waals surface area contributed by atoms with Crippen LogP contribution in [0.2, 0.25) is 5.02 Å². The Kier molecular flexibility index (Phi) is 4.34. The molecule has 1 aliphatic carbocycles. The van der Waals surface area contributed by atoms with Crippen molar-refractivity contribution >= 4 is 11.6 Å². The van der Waals surface area contributed by atoms with Crippen molar-refractivity contribution in [3.8, 4) is 0 Å². The fourth-order valence-electron chi connectivity index (χ4n) is 3.33. The molecule has 1 aromatic carbocycles. The van der Waals surface area contributed by atoms with Crippen molar-refractivity contribution in [1.29, 1.82) is 0 Å². The fraction of sp³-hybridized carbons (Fsp3) is 0.625. The van der Waals surface area contributed by atoms with E-state index in [0.717, 1.165) is 17.9 Å². The van der Waals surface area contributed by atoms with Crippen LogP contribution in [0.15, 0.2) is 18.2 Å². The standard InChI is InChI=1S/C16H24ClN/c1-3-14-6-4-5-9-16(14,18)11-13-8-7-12(2)10-15(13)17/h7-8,10,14H,3-6,9,11,18H2,1-2H3. The van der Waals surface area contributed by atoms with Gasteiger partial charge in [-0.2, -0.15) is 0 Å². The molecule has 2 atom stereocenters. The summed E-state index contributed by atoms with van der Waals surface area (Å²) in [6, 6.07) is 6.33. The Morgan fingerprint density at radius 2 is 2.17 bits per heavy atom. The van der Waals surface area contributed by atoms with Gasteiger partial charge >= 0.3 is 0 Å². The highest BCUT2D eigenvalue weighted by Crippen LogP contribution is 2.37. The van der Waals surface area contributed by atoms with Crippen LogP contribution in [-0.4, -0.2) is 5.54 Å². The van der Waals surface area contributed by atoms with E-state index in [1.165, 1.54) is 36.8 Å². The summed E-state index contributed by atoms with van der Waals surface area (Å²) >= 11 is 6.35.